The molecule has 90 valence electrons. The van der Waals surface area contributed by atoms with Gasteiger partial charge in [-0.15, -0.1) is 22.9 Å². The van der Waals surface area contributed by atoms with Crippen molar-refractivity contribution in [1.29, 1.82) is 0 Å². The van der Waals surface area contributed by atoms with E-state index in [0.29, 0.717) is 11.3 Å². The monoisotopic (exact) mass is 270 g/mol. The topological polar surface area (TPSA) is 9.23 Å². The Labute approximate surface area is 109 Å². The fourth-order valence-electron chi connectivity index (χ4n) is 1.63. The van der Waals surface area contributed by atoms with Crippen molar-refractivity contribution >= 4 is 22.9 Å². The fourth-order valence-corrected chi connectivity index (χ4v) is 3.05. The summed E-state index contributed by atoms with van der Waals surface area (Å²) in [5.74, 6) is 0.162. The number of halogens is 2. The maximum absolute atomic E-state index is 13.9. The van der Waals surface area contributed by atoms with E-state index in [4.69, 9.17) is 16.3 Å². The van der Waals surface area contributed by atoms with Gasteiger partial charge in [0.2, 0.25) is 0 Å². The molecule has 0 saturated carbocycles. The van der Waals surface area contributed by atoms with Crippen molar-refractivity contribution in [2.45, 2.75) is 12.3 Å². The molecule has 1 nitrogen and oxygen atoms in total. The predicted octanol–water partition coefficient (Wildman–Crippen LogP) is 4.53. The van der Waals surface area contributed by atoms with E-state index in [-0.39, 0.29) is 5.82 Å². The summed E-state index contributed by atoms with van der Waals surface area (Å²) < 4.78 is 18.8. The molecule has 0 amide bonds. The molecule has 4 heteroatoms. The van der Waals surface area contributed by atoms with Crippen molar-refractivity contribution in [3.8, 4) is 5.75 Å². The molecule has 0 radical (unpaired) electrons. The lowest BCUT2D eigenvalue weighted by Crippen LogP contribution is -1.97. The second-order valence-corrected chi connectivity index (χ2v) is 5.10. The van der Waals surface area contributed by atoms with Crippen LogP contribution in [-0.4, -0.2) is 7.11 Å². The Hall–Kier alpha value is -1.06. The molecular formula is C13H12ClFOS. The quantitative estimate of drug-likeness (QED) is 0.745. The molecule has 0 N–H and O–H groups in total. The van der Waals surface area contributed by atoms with Crippen molar-refractivity contribution in [2.24, 2.45) is 0 Å². The Bertz CT molecular complexity index is 524. The summed E-state index contributed by atoms with van der Waals surface area (Å²) in [5, 5.41) is 1.52. The van der Waals surface area contributed by atoms with Gasteiger partial charge in [-0.05, 0) is 30.0 Å². The highest BCUT2D eigenvalue weighted by Gasteiger charge is 2.18. The lowest BCUT2D eigenvalue weighted by molar-refractivity contribution is 0.411. The zero-order chi connectivity index (χ0) is 12.4. The van der Waals surface area contributed by atoms with Crippen molar-refractivity contribution in [3.05, 3.63) is 51.5 Å². The van der Waals surface area contributed by atoms with Crippen LogP contribution in [0.3, 0.4) is 0 Å². The molecule has 1 heterocycles. The highest BCUT2D eigenvalue weighted by molar-refractivity contribution is 7.10. The van der Waals surface area contributed by atoms with Crippen LogP contribution >= 0.6 is 22.9 Å². The summed E-state index contributed by atoms with van der Waals surface area (Å²) in [6.45, 7) is 1.97. The number of thiophene rings is 1. The lowest BCUT2D eigenvalue weighted by atomic mass is 10.1. The number of ether oxygens (including phenoxy) is 1. The first-order valence-electron chi connectivity index (χ1n) is 5.15. The summed E-state index contributed by atoms with van der Waals surface area (Å²) in [6.07, 6.45) is 0. The van der Waals surface area contributed by atoms with Gasteiger partial charge in [0.1, 0.15) is 11.6 Å². The molecule has 1 aromatic carbocycles. The van der Waals surface area contributed by atoms with Crippen molar-refractivity contribution in [1.82, 2.24) is 0 Å². The summed E-state index contributed by atoms with van der Waals surface area (Å²) in [6, 6.07) is 6.73. The van der Waals surface area contributed by atoms with Gasteiger partial charge in [-0.25, -0.2) is 4.39 Å². The number of aryl methyl sites for hydroxylation is 1. The first-order valence-corrected chi connectivity index (χ1v) is 6.46. The third-order valence-electron chi connectivity index (χ3n) is 2.61. The Morgan fingerprint density at radius 2 is 2.12 bits per heavy atom. The van der Waals surface area contributed by atoms with Crippen LogP contribution in [0.5, 0.6) is 5.75 Å². The van der Waals surface area contributed by atoms with Crippen LogP contribution in [0.2, 0.25) is 0 Å². The van der Waals surface area contributed by atoms with Gasteiger partial charge in [-0.1, -0.05) is 6.07 Å². The molecule has 0 aliphatic heterocycles. The maximum atomic E-state index is 13.9. The van der Waals surface area contributed by atoms with Crippen LogP contribution in [0.1, 0.15) is 21.4 Å². The molecule has 2 rings (SSSR count). The molecule has 17 heavy (non-hydrogen) atoms. The molecule has 2 aromatic rings. The molecule has 1 unspecified atom stereocenters. The summed E-state index contributed by atoms with van der Waals surface area (Å²) in [5.41, 5.74) is 1.57. The van der Waals surface area contributed by atoms with Crippen LogP contribution in [0.15, 0.2) is 29.6 Å². The summed E-state index contributed by atoms with van der Waals surface area (Å²) in [7, 11) is 1.51. The van der Waals surface area contributed by atoms with Gasteiger partial charge in [0, 0.05) is 16.5 Å². The van der Waals surface area contributed by atoms with Crippen molar-refractivity contribution < 1.29 is 9.13 Å². The number of alkyl halides is 1. The predicted molar refractivity (Wildman–Crippen MR) is 69.7 cm³/mol. The van der Waals surface area contributed by atoms with Crippen LogP contribution in [0.4, 0.5) is 4.39 Å². The number of hydrogen-bond acceptors (Lipinski definition) is 2. The molecule has 0 saturated heterocycles. The number of benzene rings is 1. The molecule has 0 aliphatic rings. The third-order valence-corrected chi connectivity index (χ3v) is 4.28. The molecule has 0 spiro atoms. The van der Waals surface area contributed by atoms with Gasteiger partial charge < -0.3 is 4.74 Å². The third kappa shape index (κ3) is 2.45. The second-order valence-electron chi connectivity index (χ2n) is 3.72. The van der Waals surface area contributed by atoms with E-state index in [0.717, 1.165) is 10.4 Å². The molecule has 1 atom stereocenters. The molecular weight excluding hydrogens is 259 g/mol. The van der Waals surface area contributed by atoms with Crippen LogP contribution in [0, 0.1) is 12.7 Å². The first-order chi connectivity index (χ1) is 8.13. The van der Waals surface area contributed by atoms with E-state index in [1.807, 2.05) is 18.4 Å². The number of hydrogen-bond donors (Lipinski definition) is 0. The normalized spacial score (nSPS) is 12.5. The van der Waals surface area contributed by atoms with Crippen LogP contribution < -0.4 is 4.74 Å². The zero-order valence-corrected chi connectivity index (χ0v) is 11.1. The molecule has 0 fully saturated rings. The minimum absolute atomic E-state index is 0.336. The van der Waals surface area contributed by atoms with E-state index >= 15 is 0 Å². The van der Waals surface area contributed by atoms with E-state index in [9.17, 15) is 4.39 Å². The number of rotatable bonds is 3. The Kier molecular flexibility index (Phi) is 3.69. The summed E-state index contributed by atoms with van der Waals surface area (Å²) >= 11 is 7.85. The average Bonchev–Trinajstić information content (AvgIpc) is 2.74. The van der Waals surface area contributed by atoms with Gasteiger partial charge in [-0.2, -0.15) is 0 Å². The minimum atomic E-state index is -0.444. The first kappa shape index (κ1) is 12.4. The Balaban J connectivity index is 2.38. The molecule has 0 aliphatic carbocycles. The van der Waals surface area contributed by atoms with Crippen molar-refractivity contribution in [3.63, 3.8) is 0 Å². The summed E-state index contributed by atoms with van der Waals surface area (Å²) in [4.78, 5) is 0.982. The van der Waals surface area contributed by atoms with Gasteiger partial charge >= 0.3 is 0 Å². The van der Waals surface area contributed by atoms with Crippen LogP contribution in [0.25, 0.3) is 0 Å². The van der Waals surface area contributed by atoms with E-state index < -0.39 is 5.38 Å². The molecule has 1 aromatic heterocycles. The minimum Gasteiger partial charge on any atom is -0.497 e. The van der Waals surface area contributed by atoms with Crippen LogP contribution in [-0.2, 0) is 0 Å². The highest BCUT2D eigenvalue weighted by atomic mass is 35.5. The SMILES string of the molecule is COc1ccc(C(Cl)c2sccc2C)c(F)c1. The largest absolute Gasteiger partial charge is 0.497 e. The average molecular weight is 271 g/mol. The fraction of sp³-hybridized carbons (Fsp3) is 0.231. The van der Waals surface area contributed by atoms with Gasteiger partial charge in [0.15, 0.2) is 0 Å². The van der Waals surface area contributed by atoms with Gasteiger partial charge in [0.05, 0.1) is 12.5 Å². The maximum Gasteiger partial charge on any atom is 0.131 e. The molecule has 0 bridgehead atoms. The lowest BCUT2D eigenvalue weighted by Gasteiger charge is -2.11. The van der Waals surface area contributed by atoms with Gasteiger partial charge in [0.25, 0.3) is 0 Å². The van der Waals surface area contributed by atoms with Gasteiger partial charge in [-0.3, -0.25) is 0 Å². The zero-order valence-electron chi connectivity index (χ0n) is 9.54. The second kappa shape index (κ2) is 5.07. The van der Waals surface area contributed by atoms with E-state index in [2.05, 4.69) is 0 Å². The van der Waals surface area contributed by atoms with E-state index in [1.165, 1.54) is 13.2 Å². The Morgan fingerprint density at radius 1 is 1.35 bits per heavy atom. The smallest absolute Gasteiger partial charge is 0.131 e. The highest BCUT2D eigenvalue weighted by Crippen LogP contribution is 2.36. The van der Waals surface area contributed by atoms with Crippen molar-refractivity contribution in [2.75, 3.05) is 7.11 Å². The Morgan fingerprint density at radius 3 is 2.65 bits per heavy atom. The number of methoxy groups -OCH3 is 1. The standard InChI is InChI=1S/C13H12ClFOS/c1-8-5-6-17-13(8)12(14)10-4-3-9(16-2)7-11(10)15/h3-7,12H,1-2H3. The van der Waals surface area contributed by atoms with E-state index in [1.54, 1.807) is 23.5 Å².